The second-order valence-electron chi connectivity index (χ2n) is 6.15. The third-order valence-electron chi connectivity index (χ3n) is 3.89. The van der Waals surface area contributed by atoms with Crippen molar-refractivity contribution < 1.29 is 12.8 Å². The van der Waals surface area contributed by atoms with Gasteiger partial charge in [0.15, 0.2) is 0 Å². The Morgan fingerprint density at radius 2 is 1.67 bits per heavy atom. The van der Waals surface area contributed by atoms with E-state index in [4.69, 9.17) is 4.42 Å². The number of benzene rings is 1. The SMILES string of the molecule is CCc1ccc(S(=O)(=O)N(CCN(C)C)Cc2ccc(C)o2)cc1. The van der Waals surface area contributed by atoms with Crippen molar-refractivity contribution in [2.24, 2.45) is 0 Å². The van der Waals surface area contributed by atoms with Crippen LogP contribution in [0.4, 0.5) is 0 Å². The lowest BCUT2D eigenvalue weighted by Gasteiger charge is -2.23. The maximum Gasteiger partial charge on any atom is 0.243 e. The molecule has 0 unspecified atom stereocenters. The number of nitrogens with zero attached hydrogens (tertiary/aromatic N) is 2. The quantitative estimate of drug-likeness (QED) is 0.734. The molecule has 2 rings (SSSR count). The van der Waals surface area contributed by atoms with E-state index in [1.165, 1.54) is 4.31 Å². The number of sulfonamides is 1. The molecule has 6 heteroatoms. The molecule has 0 radical (unpaired) electrons. The topological polar surface area (TPSA) is 53.8 Å². The molecule has 0 aliphatic carbocycles. The maximum atomic E-state index is 13.0. The predicted octanol–water partition coefficient (Wildman–Crippen LogP) is 2.90. The van der Waals surface area contributed by atoms with Crippen LogP contribution in [-0.2, 0) is 23.0 Å². The van der Waals surface area contributed by atoms with E-state index in [1.54, 1.807) is 12.1 Å². The third-order valence-corrected chi connectivity index (χ3v) is 5.75. The van der Waals surface area contributed by atoms with Crippen LogP contribution in [0.3, 0.4) is 0 Å². The first-order valence-corrected chi connectivity index (χ1v) is 9.56. The van der Waals surface area contributed by atoms with Crippen LogP contribution in [0.5, 0.6) is 0 Å². The number of furan rings is 1. The summed E-state index contributed by atoms with van der Waals surface area (Å²) in [6.07, 6.45) is 0.885. The van der Waals surface area contributed by atoms with E-state index in [2.05, 4.69) is 0 Å². The molecule has 1 heterocycles. The van der Waals surface area contributed by atoms with Gasteiger partial charge in [-0.1, -0.05) is 19.1 Å². The van der Waals surface area contributed by atoms with Crippen LogP contribution in [-0.4, -0.2) is 44.8 Å². The second kappa shape index (κ2) is 7.96. The van der Waals surface area contributed by atoms with Crippen LogP contribution in [0.25, 0.3) is 0 Å². The van der Waals surface area contributed by atoms with Crippen LogP contribution in [0.1, 0.15) is 24.0 Å². The molecule has 0 saturated heterocycles. The van der Waals surface area contributed by atoms with Crippen LogP contribution in [0.15, 0.2) is 45.7 Å². The van der Waals surface area contributed by atoms with Gasteiger partial charge in [0.2, 0.25) is 10.0 Å². The summed E-state index contributed by atoms with van der Waals surface area (Å²) in [6, 6.07) is 10.8. The van der Waals surface area contributed by atoms with Crippen molar-refractivity contribution in [2.75, 3.05) is 27.2 Å². The van der Waals surface area contributed by atoms with Gasteiger partial charge < -0.3 is 9.32 Å². The molecule has 0 atom stereocenters. The average Bonchev–Trinajstić information content (AvgIpc) is 2.96. The van der Waals surface area contributed by atoms with E-state index in [1.807, 2.05) is 57.1 Å². The van der Waals surface area contributed by atoms with Crippen molar-refractivity contribution in [1.82, 2.24) is 9.21 Å². The molecule has 0 spiro atoms. The summed E-state index contributed by atoms with van der Waals surface area (Å²) in [7, 11) is 0.293. The normalized spacial score (nSPS) is 12.2. The fourth-order valence-corrected chi connectivity index (χ4v) is 3.78. The predicted molar refractivity (Wildman–Crippen MR) is 95.4 cm³/mol. The van der Waals surface area contributed by atoms with Gasteiger partial charge in [0.1, 0.15) is 11.5 Å². The summed E-state index contributed by atoms with van der Waals surface area (Å²) in [4.78, 5) is 2.29. The first-order valence-electron chi connectivity index (χ1n) is 8.12. The van der Waals surface area contributed by atoms with Gasteiger partial charge in [0, 0.05) is 13.1 Å². The summed E-state index contributed by atoms with van der Waals surface area (Å²) in [5.74, 6) is 1.43. The van der Waals surface area contributed by atoms with Gasteiger partial charge in [-0.15, -0.1) is 0 Å². The molecular formula is C18H26N2O3S. The van der Waals surface area contributed by atoms with E-state index in [9.17, 15) is 8.42 Å². The number of likely N-dealkylation sites (N-methyl/N-ethyl adjacent to an activating group) is 1. The minimum absolute atomic E-state index is 0.236. The van der Waals surface area contributed by atoms with E-state index in [0.717, 1.165) is 17.7 Å². The highest BCUT2D eigenvalue weighted by molar-refractivity contribution is 7.89. The molecule has 24 heavy (non-hydrogen) atoms. The highest BCUT2D eigenvalue weighted by atomic mass is 32.2. The zero-order valence-corrected chi connectivity index (χ0v) is 15.6. The maximum absolute atomic E-state index is 13.0. The van der Waals surface area contributed by atoms with Gasteiger partial charge >= 0.3 is 0 Å². The van der Waals surface area contributed by atoms with Crippen LogP contribution >= 0.6 is 0 Å². The summed E-state index contributed by atoms with van der Waals surface area (Å²) in [6.45, 7) is 5.19. The number of hydrogen-bond acceptors (Lipinski definition) is 4. The van der Waals surface area contributed by atoms with Crippen molar-refractivity contribution in [3.63, 3.8) is 0 Å². The van der Waals surface area contributed by atoms with E-state index >= 15 is 0 Å². The first-order chi connectivity index (χ1) is 11.3. The molecule has 1 aromatic heterocycles. The van der Waals surface area contributed by atoms with Gasteiger partial charge in [-0.25, -0.2) is 8.42 Å². The highest BCUT2D eigenvalue weighted by Crippen LogP contribution is 2.20. The fourth-order valence-electron chi connectivity index (χ4n) is 2.39. The lowest BCUT2D eigenvalue weighted by atomic mass is 10.2. The Morgan fingerprint density at radius 1 is 1.00 bits per heavy atom. The lowest BCUT2D eigenvalue weighted by molar-refractivity contribution is 0.310. The van der Waals surface area contributed by atoms with Gasteiger partial charge in [0.25, 0.3) is 0 Å². The average molecular weight is 350 g/mol. The van der Waals surface area contributed by atoms with Gasteiger partial charge in [-0.2, -0.15) is 4.31 Å². The van der Waals surface area contributed by atoms with Crippen LogP contribution in [0.2, 0.25) is 0 Å². The molecule has 0 fully saturated rings. The molecule has 2 aromatic rings. The van der Waals surface area contributed by atoms with Crippen molar-refractivity contribution in [3.05, 3.63) is 53.5 Å². The second-order valence-corrected chi connectivity index (χ2v) is 8.09. The third kappa shape index (κ3) is 4.69. The monoisotopic (exact) mass is 350 g/mol. The summed E-state index contributed by atoms with van der Waals surface area (Å²) in [5, 5.41) is 0. The Hall–Kier alpha value is -1.63. The van der Waals surface area contributed by atoms with Crippen molar-refractivity contribution in [1.29, 1.82) is 0 Å². The molecule has 0 bridgehead atoms. The minimum atomic E-state index is -3.56. The van der Waals surface area contributed by atoms with Crippen LogP contribution in [0, 0.1) is 6.92 Å². The van der Waals surface area contributed by atoms with Gasteiger partial charge in [0.05, 0.1) is 11.4 Å². The molecule has 0 saturated carbocycles. The largest absolute Gasteiger partial charge is 0.465 e. The molecule has 0 aliphatic heterocycles. The number of rotatable bonds is 8. The molecule has 0 aliphatic rings. The van der Waals surface area contributed by atoms with Crippen molar-refractivity contribution in [3.8, 4) is 0 Å². The fraction of sp³-hybridized carbons (Fsp3) is 0.444. The number of hydrogen-bond donors (Lipinski definition) is 0. The summed E-state index contributed by atoms with van der Waals surface area (Å²) < 4.78 is 33.1. The molecule has 0 amide bonds. The smallest absolute Gasteiger partial charge is 0.243 e. The Bertz CT molecular complexity index is 749. The standard InChI is InChI=1S/C18H26N2O3S/c1-5-16-7-10-18(11-8-16)24(21,22)20(13-12-19(3)4)14-17-9-6-15(2)23-17/h6-11H,5,12-14H2,1-4H3. The molecule has 132 valence electrons. The molecule has 5 nitrogen and oxygen atoms in total. The van der Waals surface area contributed by atoms with E-state index in [-0.39, 0.29) is 6.54 Å². The Kier molecular flexibility index (Phi) is 6.21. The first kappa shape index (κ1) is 18.7. The van der Waals surface area contributed by atoms with Crippen molar-refractivity contribution in [2.45, 2.75) is 31.7 Å². The van der Waals surface area contributed by atoms with E-state index in [0.29, 0.717) is 23.7 Å². The molecule has 0 N–H and O–H groups in total. The Labute approximate surface area is 144 Å². The zero-order valence-electron chi connectivity index (χ0n) is 14.8. The minimum Gasteiger partial charge on any atom is -0.465 e. The van der Waals surface area contributed by atoms with E-state index < -0.39 is 10.0 Å². The van der Waals surface area contributed by atoms with Gasteiger partial charge in [-0.05, 0) is 57.3 Å². The van der Waals surface area contributed by atoms with Crippen molar-refractivity contribution >= 4 is 10.0 Å². The molecule has 1 aromatic carbocycles. The summed E-state index contributed by atoms with van der Waals surface area (Å²) in [5.41, 5.74) is 1.12. The zero-order chi connectivity index (χ0) is 17.7. The lowest BCUT2D eigenvalue weighted by Crippen LogP contribution is -2.36. The number of aryl methyl sites for hydroxylation is 2. The summed E-state index contributed by atoms with van der Waals surface area (Å²) >= 11 is 0. The highest BCUT2D eigenvalue weighted by Gasteiger charge is 2.25. The van der Waals surface area contributed by atoms with Gasteiger partial charge in [-0.3, -0.25) is 0 Å². The molecular weight excluding hydrogens is 324 g/mol. The Balaban J connectivity index is 2.28. The van der Waals surface area contributed by atoms with Crippen LogP contribution < -0.4 is 0 Å². The Morgan fingerprint density at radius 3 is 2.17 bits per heavy atom.